The molecule has 0 unspecified atom stereocenters. The van der Waals surface area contributed by atoms with Gasteiger partial charge in [0.1, 0.15) is 0 Å². The van der Waals surface area contributed by atoms with Gasteiger partial charge in [0.25, 0.3) is 0 Å². The maximum Gasteiger partial charge on any atom is 0.208 e. The van der Waals surface area contributed by atoms with Crippen LogP contribution in [0.1, 0.15) is 11.3 Å². The highest BCUT2D eigenvalue weighted by atomic mass is 35.5. The number of H-pyrrole nitrogens is 1. The lowest BCUT2D eigenvalue weighted by molar-refractivity contribution is 0.313. The number of pyridine rings is 1. The van der Waals surface area contributed by atoms with E-state index >= 15 is 0 Å². The number of nitrogens with one attached hydrogen (secondary N) is 1. The summed E-state index contributed by atoms with van der Waals surface area (Å²) in [6.07, 6.45) is 3.92. The fourth-order valence-electron chi connectivity index (χ4n) is 3.14. The molecular weight excluding hydrogens is 381 g/mol. The number of benzene rings is 1. The van der Waals surface area contributed by atoms with Crippen LogP contribution in [0.4, 0.5) is 0 Å². The van der Waals surface area contributed by atoms with Gasteiger partial charge < -0.3 is 9.88 Å². The number of halogens is 2. The van der Waals surface area contributed by atoms with Crippen molar-refractivity contribution in [3.8, 4) is 0 Å². The third-order valence-corrected chi connectivity index (χ3v) is 6.13. The van der Waals surface area contributed by atoms with Gasteiger partial charge in [-0.2, -0.15) is 0 Å². The molecule has 0 saturated carbocycles. The van der Waals surface area contributed by atoms with Gasteiger partial charge >= 0.3 is 0 Å². The van der Waals surface area contributed by atoms with Gasteiger partial charge in [0.2, 0.25) is 9.84 Å². The number of fused-ring (bicyclic) bond motifs is 3. The van der Waals surface area contributed by atoms with Crippen molar-refractivity contribution >= 4 is 45.6 Å². The van der Waals surface area contributed by atoms with E-state index in [0.717, 1.165) is 30.4 Å². The van der Waals surface area contributed by atoms with Crippen LogP contribution in [0.3, 0.4) is 0 Å². The molecule has 0 amide bonds. The minimum Gasteiger partial charge on any atom is -0.358 e. The van der Waals surface area contributed by atoms with Crippen LogP contribution >= 0.6 is 24.8 Å². The summed E-state index contributed by atoms with van der Waals surface area (Å²) in [5, 5.41) is 0.997. The third kappa shape index (κ3) is 3.40. The van der Waals surface area contributed by atoms with Crippen LogP contribution in [0.25, 0.3) is 10.9 Å². The number of aromatic amines is 1. The first-order valence-electron chi connectivity index (χ1n) is 7.53. The van der Waals surface area contributed by atoms with Gasteiger partial charge in [-0.05, 0) is 42.9 Å². The molecule has 1 aromatic carbocycles. The average Bonchev–Trinajstić information content (AvgIpc) is 2.93. The molecule has 0 saturated heterocycles. The Bertz CT molecular complexity index is 988. The first-order chi connectivity index (χ1) is 11.1. The van der Waals surface area contributed by atoms with Gasteiger partial charge in [-0.15, -0.1) is 24.8 Å². The van der Waals surface area contributed by atoms with Crippen molar-refractivity contribution in [1.29, 1.82) is 0 Å². The molecule has 134 valence electrons. The van der Waals surface area contributed by atoms with E-state index in [0.29, 0.717) is 4.90 Å². The van der Waals surface area contributed by atoms with Gasteiger partial charge in [-0.25, -0.2) is 8.42 Å². The number of sulfone groups is 1. The number of aromatic nitrogens is 2. The summed E-state index contributed by atoms with van der Waals surface area (Å²) in [7, 11) is -1.46. The molecule has 0 aliphatic carbocycles. The molecule has 2 aromatic heterocycles. The van der Waals surface area contributed by atoms with Crippen LogP contribution in [0.2, 0.25) is 0 Å². The zero-order valence-corrected chi connectivity index (χ0v) is 16.0. The fraction of sp³-hybridized carbons (Fsp3) is 0.235. The minimum atomic E-state index is -3.54. The van der Waals surface area contributed by atoms with Crippen molar-refractivity contribution in [1.82, 2.24) is 14.9 Å². The molecule has 0 atom stereocenters. The van der Waals surface area contributed by atoms with E-state index in [1.54, 1.807) is 30.5 Å². The third-order valence-electron chi connectivity index (χ3n) is 4.39. The van der Waals surface area contributed by atoms with E-state index in [4.69, 9.17) is 0 Å². The molecule has 1 aliphatic heterocycles. The highest BCUT2D eigenvalue weighted by molar-refractivity contribution is 7.91. The van der Waals surface area contributed by atoms with E-state index < -0.39 is 9.84 Å². The number of hydrogen-bond donors (Lipinski definition) is 1. The zero-order chi connectivity index (χ0) is 16.0. The topological polar surface area (TPSA) is 66.1 Å². The Kier molecular flexibility index (Phi) is 5.79. The summed E-state index contributed by atoms with van der Waals surface area (Å²) in [5.41, 5.74) is 3.42. The quantitative estimate of drug-likeness (QED) is 0.718. The molecule has 1 N–H and O–H groups in total. The Hall–Kier alpha value is -1.60. The maximum atomic E-state index is 12.8. The standard InChI is InChI=1S/C17H17N3O2S.2ClH/c1-20-8-6-17-15(11-20)14-9-12(4-5-16(14)19-17)23(21,22)13-3-2-7-18-10-13;;/h2-5,7,9-10,19H,6,8,11H2,1H3;2*1H. The van der Waals surface area contributed by atoms with E-state index in [-0.39, 0.29) is 29.7 Å². The Morgan fingerprint density at radius 3 is 2.68 bits per heavy atom. The highest BCUT2D eigenvalue weighted by Crippen LogP contribution is 2.30. The molecule has 25 heavy (non-hydrogen) atoms. The fourth-order valence-corrected chi connectivity index (χ4v) is 4.39. The number of likely N-dealkylation sites (N-methyl/N-ethyl adjacent to an activating group) is 1. The summed E-state index contributed by atoms with van der Waals surface area (Å²) in [6.45, 7) is 1.85. The van der Waals surface area contributed by atoms with Crippen LogP contribution in [0.15, 0.2) is 52.5 Å². The van der Waals surface area contributed by atoms with Crippen molar-refractivity contribution in [2.45, 2.75) is 22.8 Å². The predicted molar refractivity (Wildman–Crippen MR) is 103 cm³/mol. The molecule has 3 aromatic rings. The van der Waals surface area contributed by atoms with Gasteiger partial charge in [-0.3, -0.25) is 4.98 Å². The Balaban J connectivity index is 0.00000113. The zero-order valence-electron chi connectivity index (χ0n) is 13.6. The lowest BCUT2D eigenvalue weighted by Gasteiger charge is -2.22. The van der Waals surface area contributed by atoms with Gasteiger partial charge in [0, 0.05) is 48.5 Å². The molecule has 0 bridgehead atoms. The minimum absolute atomic E-state index is 0. The second-order valence-corrected chi connectivity index (χ2v) is 7.92. The van der Waals surface area contributed by atoms with Crippen LogP contribution in [-0.2, 0) is 22.8 Å². The molecule has 0 spiro atoms. The SMILES string of the molecule is CN1CCc2[nH]c3ccc(S(=O)(=O)c4cccnc4)cc3c2C1.Cl.Cl. The van der Waals surface area contributed by atoms with Crippen LogP contribution < -0.4 is 0 Å². The second kappa shape index (κ2) is 7.33. The van der Waals surface area contributed by atoms with Crippen LogP contribution in [0.5, 0.6) is 0 Å². The van der Waals surface area contributed by atoms with Crippen LogP contribution in [0, 0.1) is 0 Å². The van der Waals surface area contributed by atoms with Crippen LogP contribution in [-0.4, -0.2) is 36.9 Å². The average molecular weight is 400 g/mol. The summed E-state index contributed by atoms with van der Waals surface area (Å²) < 4.78 is 25.5. The smallest absolute Gasteiger partial charge is 0.208 e. The summed E-state index contributed by atoms with van der Waals surface area (Å²) >= 11 is 0. The molecule has 4 rings (SSSR count). The highest BCUT2D eigenvalue weighted by Gasteiger charge is 2.22. The van der Waals surface area contributed by atoms with Crippen molar-refractivity contribution < 1.29 is 8.42 Å². The van der Waals surface area contributed by atoms with E-state index in [9.17, 15) is 8.42 Å². The molecule has 5 nitrogen and oxygen atoms in total. The van der Waals surface area contributed by atoms with E-state index in [1.165, 1.54) is 17.5 Å². The monoisotopic (exact) mass is 399 g/mol. The predicted octanol–water partition coefficient (Wildman–Crippen LogP) is 3.23. The Labute approximate surface area is 159 Å². The molecular formula is C17H19Cl2N3O2S. The molecule has 0 radical (unpaired) electrons. The first-order valence-corrected chi connectivity index (χ1v) is 9.01. The van der Waals surface area contributed by atoms with Gasteiger partial charge in [0.15, 0.2) is 0 Å². The summed E-state index contributed by atoms with van der Waals surface area (Å²) in [5.74, 6) is 0. The molecule has 1 aliphatic rings. The second-order valence-electron chi connectivity index (χ2n) is 5.97. The number of rotatable bonds is 2. The van der Waals surface area contributed by atoms with Gasteiger partial charge in [-0.1, -0.05) is 0 Å². The molecule has 3 heterocycles. The first kappa shape index (κ1) is 19.7. The Morgan fingerprint density at radius 2 is 1.96 bits per heavy atom. The largest absolute Gasteiger partial charge is 0.358 e. The Morgan fingerprint density at radius 1 is 1.16 bits per heavy atom. The number of hydrogen-bond acceptors (Lipinski definition) is 4. The molecule has 0 fully saturated rings. The van der Waals surface area contributed by atoms with Crippen molar-refractivity contribution in [3.05, 3.63) is 54.0 Å². The maximum absolute atomic E-state index is 12.8. The van der Waals surface area contributed by atoms with Crippen molar-refractivity contribution in [2.75, 3.05) is 13.6 Å². The lowest BCUT2D eigenvalue weighted by Crippen LogP contribution is -2.26. The normalized spacial score (nSPS) is 14.4. The van der Waals surface area contributed by atoms with Crippen molar-refractivity contribution in [3.63, 3.8) is 0 Å². The lowest BCUT2D eigenvalue weighted by atomic mass is 10.1. The summed E-state index contributed by atoms with van der Waals surface area (Å²) in [4.78, 5) is 10.1. The van der Waals surface area contributed by atoms with Crippen molar-refractivity contribution in [2.24, 2.45) is 0 Å². The van der Waals surface area contributed by atoms with E-state index in [2.05, 4.69) is 21.9 Å². The van der Waals surface area contributed by atoms with Gasteiger partial charge in [0.05, 0.1) is 9.79 Å². The molecule has 8 heteroatoms. The van der Waals surface area contributed by atoms with E-state index in [1.807, 2.05) is 6.07 Å². The number of nitrogens with zero attached hydrogens (tertiary/aromatic N) is 2. The summed E-state index contributed by atoms with van der Waals surface area (Å²) in [6, 6.07) is 8.52.